The van der Waals surface area contributed by atoms with E-state index < -0.39 is 6.10 Å². The van der Waals surface area contributed by atoms with Gasteiger partial charge in [-0.3, -0.25) is 0 Å². The van der Waals surface area contributed by atoms with Crippen LogP contribution in [0, 0.1) is 0 Å². The minimum Gasteiger partial charge on any atom is -0.495 e. The molecule has 1 aliphatic rings. The van der Waals surface area contributed by atoms with Crippen LogP contribution in [0.4, 0.5) is 5.69 Å². The molecule has 0 radical (unpaired) electrons. The fourth-order valence-electron chi connectivity index (χ4n) is 2.83. The minimum absolute atomic E-state index is 0.428. The number of hydrogen-bond acceptors (Lipinski definition) is 6. The summed E-state index contributed by atoms with van der Waals surface area (Å²) in [6.45, 7) is 5.48. The Morgan fingerprint density at radius 2 is 2.12 bits per heavy atom. The molecule has 0 bridgehead atoms. The Balaban J connectivity index is 1.93. The standard InChI is InChI=1S/C17H24N4O3/c1-3-14(22)11-21-17(18-12-19-21)13-4-5-16(23-2)15(10-13)20-6-8-24-9-7-20/h4-5,10,12,14,22H,3,6-9,11H2,1-2H3. The van der Waals surface area contributed by atoms with E-state index in [0.717, 1.165) is 35.9 Å². The number of anilines is 1. The molecule has 7 heteroatoms. The molecule has 1 atom stereocenters. The summed E-state index contributed by atoms with van der Waals surface area (Å²) < 4.78 is 12.7. The first-order valence-electron chi connectivity index (χ1n) is 8.30. The quantitative estimate of drug-likeness (QED) is 0.865. The Hall–Kier alpha value is -2.12. The van der Waals surface area contributed by atoms with Crippen molar-refractivity contribution in [1.82, 2.24) is 14.8 Å². The van der Waals surface area contributed by atoms with Gasteiger partial charge in [0.2, 0.25) is 0 Å². The minimum atomic E-state index is -0.428. The third-order valence-electron chi connectivity index (χ3n) is 4.26. The largest absolute Gasteiger partial charge is 0.495 e. The number of aromatic nitrogens is 3. The zero-order valence-corrected chi connectivity index (χ0v) is 14.2. The van der Waals surface area contributed by atoms with Gasteiger partial charge in [0.05, 0.1) is 38.7 Å². The van der Waals surface area contributed by atoms with Gasteiger partial charge in [0.25, 0.3) is 0 Å². The van der Waals surface area contributed by atoms with E-state index in [1.807, 2.05) is 19.1 Å². The van der Waals surface area contributed by atoms with E-state index in [0.29, 0.717) is 26.2 Å². The van der Waals surface area contributed by atoms with E-state index in [4.69, 9.17) is 9.47 Å². The number of aliphatic hydroxyl groups excluding tert-OH is 1. The van der Waals surface area contributed by atoms with E-state index in [9.17, 15) is 5.11 Å². The first-order chi connectivity index (χ1) is 11.7. The second kappa shape index (κ2) is 7.63. The second-order valence-corrected chi connectivity index (χ2v) is 5.81. The predicted molar refractivity (Wildman–Crippen MR) is 91.3 cm³/mol. The van der Waals surface area contributed by atoms with Gasteiger partial charge in [0.15, 0.2) is 5.82 Å². The SMILES string of the molecule is CCC(O)Cn1ncnc1-c1ccc(OC)c(N2CCOCC2)c1. The molecule has 0 saturated carbocycles. The summed E-state index contributed by atoms with van der Waals surface area (Å²) in [5, 5.41) is 14.2. The Morgan fingerprint density at radius 3 is 2.83 bits per heavy atom. The topological polar surface area (TPSA) is 72.6 Å². The molecule has 3 rings (SSSR count). The smallest absolute Gasteiger partial charge is 0.158 e. The Morgan fingerprint density at radius 1 is 1.33 bits per heavy atom. The highest BCUT2D eigenvalue weighted by atomic mass is 16.5. The lowest BCUT2D eigenvalue weighted by Crippen LogP contribution is -2.36. The van der Waals surface area contributed by atoms with Gasteiger partial charge in [-0.05, 0) is 24.6 Å². The zero-order valence-electron chi connectivity index (χ0n) is 14.2. The van der Waals surface area contributed by atoms with Crippen molar-refractivity contribution in [3.8, 4) is 17.1 Å². The van der Waals surface area contributed by atoms with E-state index in [1.54, 1.807) is 11.8 Å². The summed E-state index contributed by atoms with van der Waals surface area (Å²) in [6.07, 6.45) is 1.78. The van der Waals surface area contributed by atoms with E-state index in [-0.39, 0.29) is 0 Å². The molecule has 1 N–H and O–H groups in total. The maximum atomic E-state index is 9.91. The average molecular weight is 332 g/mol. The fourth-order valence-corrected chi connectivity index (χ4v) is 2.83. The summed E-state index contributed by atoms with van der Waals surface area (Å²) in [5.41, 5.74) is 1.99. The molecular formula is C17H24N4O3. The van der Waals surface area contributed by atoms with Crippen LogP contribution < -0.4 is 9.64 Å². The van der Waals surface area contributed by atoms with Gasteiger partial charge in [-0.15, -0.1) is 0 Å². The molecule has 1 fully saturated rings. The average Bonchev–Trinajstić information content (AvgIpc) is 3.09. The van der Waals surface area contributed by atoms with Crippen molar-refractivity contribution in [3.05, 3.63) is 24.5 Å². The van der Waals surface area contributed by atoms with Crippen LogP contribution >= 0.6 is 0 Å². The van der Waals surface area contributed by atoms with Crippen LogP contribution in [0.1, 0.15) is 13.3 Å². The molecule has 1 unspecified atom stereocenters. The molecule has 130 valence electrons. The Bertz CT molecular complexity index is 668. The van der Waals surface area contributed by atoms with Gasteiger partial charge in [-0.1, -0.05) is 6.92 Å². The van der Waals surface area contributed by atoms with Gasteiger partial charge in [-0.2, -0.15) is 5.10 Å². The van der Waals surface area contributed by atoms with Gasteiger partial charge in [-0.25, -0.2) is 9.67 Å². The first-order valence-corrected chi connectivity index (χ1v) is 8.30. The summed E-state index contributed by atoms with van der Waals surface area (Å²) in [5.74, 6) is 1.58. The van der Waals surface area contributed by atoms with E-state index >= 15 is 0 Å². The number of benzene rings is 1. The van der Waals surface area contributed by atoms with Crippen LogP contribution in [-0.2, 0) is 11.3 Å². The zero-order chi connectivity index (χ0) is 16.9. The highest BCUT2D eigenvalue weighted by molar-refractivity contribution is 5.69. The van der Waals surface area contributed by atoms with Crippen LogP contribution in [0.3, 0.4) is 0 Å². The summed E-state index contributed by atoms with van der Waals surface area (Å²) in [4.78, 5) is 6.63. The second-order valence-electron chi connectivity index (χ2n) is 5.81. The number of hydrogen-bond donors (Lipinski definition) is 1. The molecule has 2 heterocycles. The van der Waals surface area contributed by atoms with Gasteiger partial charge >= 0.3 is 0 Å². The molecule has 0 aliphatic carbocycles. The van der Waals surface area contributed by atoms with E-state index in [2.05, 4.69) is 21.0 Å². The molecule has 1 saturated heterocycles. The van der Waals surface area contributed by atoms with Crippen LogP contribution in [0.25, 0.3) is 11.4 Å². The number of ether oxygens (including phenoxy) is 2. The number of methoxy groups -OCH3 is 1. The number of morpholine rings is 1. The normalized spacial score (nSPS) is 16.2. The van der Waals surface area contributed by atoms with Crippen LogP contribution in [0.5, 0.6) is 5.75 Å². The molecular weight excluding hydrogens is 308 g/mol. The molecule has 0 amide bonds. The molecule has 1 aromatic carbocycles. The summed E-state index contributed by atoms with van der Waals surface area (Å²) >= 11 is 0. The fraction of sp³-hybridized carbons (Fsp3) is 0.529. The molecule has 7 nitrogen and oxygen atoms in total. The van der Waals surface area contributed by atoms with Crippen molar-refractivity contribution in [1.29, 1.82) is 0 Å². The van der Waals surface area contributed by atoms with Crippen molar-refractivity contribution < 1.29 is 14.6 Å². The number of nitrogens with zero attached hydrogens (tertiary/aromatic N) is 4. The van der Waals surface area contributed by atoms with Crippen molar-refractivity contribution in [3.63, 3.8) is 0 Å². The van der Waals surface area contributed by atoms with Crippen LogP contribution in [0.15, 0.2) is 24.5 Å². The summed E-state index contributed by atoms with van der Waals surface area (Å²) in [7, 11) is 1.68. The van der Waals surface area contributed by atoms with Crippen molar-refractivity contribution in [2.75, 3.05) is 38.3 Å². The van der Waals surface area contributed by atoms with Gasteiger partial charge < -0.3 is 19.5 Å². The predicted octanol–water partition coefficient (Wildman–Crippen LogP) is 1.56. The third kappa shape index (κ3) is 3.52. The highest BCUT2D eigenvalue weighted by Crippen LogP contribution is 2.33. The maximum Gasteiger partial charge on any atom is 0.158 e. The van der Waals surface area contributed by atoms with Crippen molar-refractivity contribution in [2.24, 2.45) is 0 Å². The summed E-state index contributed by atoms with van der Waals surface area (Å²) in [6, 6.07) is 6.00. The first kappa shape index (κ1) is 16.7. The molecule has 24 heavy (non-hydrogen) atoms. The van der Waals surface area contributed by atoms with E-state index in [1.165, 1.54) is 6.33 Å². The van der Waals surface area contributed by atoms with Crippen LogP contribution in [-0.4, -0.2) is 59.4 Å². The number of aliphatic hydroxyl groups is 1. The Labute approximate surface area is 141 Å². The highest BCUT2D eigenvalue weighted by Gasteiger charge is 2.18. The van der Waals surface area contributed by atoms with Gasteiger partial charge in [0.1, 0.15) is 12.1 Å². The maximum absolute atomic E-state index is 9.91. The van der Waals surface area contributed by atoms with Gasteiger partial charge in [0, 0.05) is 18.7 Å². The molecule has 2 aromatic rings. The Kier molecular flexibility index (Phi) is 5.32. The lowest BCUT2D eigenvalue weighted by atomic mass is 10.1. The van der Waals surface area contributed by atoms with Crippen LogP contribution in [0.2, 0.25) is 0 Å². The van der Waals surface area contributed by atoms with Crippen molar-refractivity contribution >= 4 is 5.69 Å². The molecule has 1 aliphatic heterocycles. The number of rotatable bonds is 6. The lowest BCUT2D eigenvalue weighted by Gasteiger charge is -2.30. The lowest BCUT2D eigenvalue weighted by molar-refractivity contribution is 0.122. The van der Waals surface area contributed by atoms with Crippen molar-refractivity contribution in [2.45, 2.75) is 26.0 Å². The third-order valence-corrected chi connectivity index (χ3v) is 4.26. The molecule has 0 spiro atoms. The molecule has 1 aromatic heterocycles. The monoisotopic (exact) mass is 332 g/mol.